The van der Waals surface area contributed by atoms with Crippen LogP contribution in [-0.4, -0.2) is 65.5 Å². The summed E-state index contributed by atoms with van der Waals surface area (Å²) < 4.78 is 19.0. The number of benzene rings is 1. The summed E-state index contributed by atoms with van der Waals surface area (Å²) in [5.41, 5.74) is 1.43. The van der Waals surface area contributed by atoms with Gasteiger partial charge in [0.15, 0.2) is 5.76 Å². The van der Waals surface area contributed by atoms with Gasteiger partial charge < -0.3 is 9.42 Å². The molecule has 0 atom stereocenters. The molecule has 0 spiro atoms. The molecule has 1 aliphatic heterocycles. The maximum atomic E-state index is 13.7. The van der Waals surface area contributed by atoms with Crippen LogP contribution in [0, 0.1) is 12.7 Å². The Bertz CT molecular complexity index is 741. The maximum Gasteiger partial charge on any atom is 0.236 e. The van der Waals surface area contributed by atoms with Crippen LogP contribution < -0.4 is 0 Å². The number of rotatable bonds is 6. The summed E-state index contributed by atoms with van der Waals surface area (Å²) >= 11 is 0. The number of aromatic nitrogens is 1. The number of aryl methyl sites for hydroxylation is 1. The fourth-order valence-corrected chi connectivity index (χ4v) is 3.10. The van der Waals surface area contributed by atoms with Crippen LogP contribution in [0.15, 0.2) is 34.9 Å². The average molecular weight is 360 g/mol. The zero-order valence-electron chi connectivity index (χ0n) is 15.3. The van der Waals surface area contributed by atoms with Gasteiger partial charge in [-0.2, -0.15) is 0 Å². The van der Waals surface area contributed by atoms with Gasteiger partial charge in [-0.3, -0.25) is 14.6 Å². The minimum Gasteiger partial charge on any atom is -0.360 e. The number of carbonyl (C=O) groups is 1. The molecule has 26 heavy (non-hydrogen) atoms. The lowest BCUT2D eigenvalue weighted by atomic mass is 10.2. The van der Waals surface area contributed by atoms with Crippen molar-refractivity contribution < 1.29 is 13.7 Å². The van der Waals surface area contributed by atoms with E-state index in [1.807, 2.05) is 13.0 Å². The average Bonchev–Trinajstić information content (AvgIpc) is 3.03. The number of hydrogen-bond acceptors (Lipinski definition) is 5. The normalized spacial score (nSPS) is 16.0. The monoisotopic (exact) mass is 360 g/mol. The molecule has 2 aromatic rings. The van der Waals surface area contributed by atoms with Crippen LogP contribution in [0.5, 0.6) is 0 Å². The molecule has 0 N–H and O–H groups in total. The summed E-state index contributed by atoms with van der Waals surface area (Å²) in [5.74, 6) is 0.604. The van der Waals surface area contributed by atoms with Crippen LogP contribution in [0.3, 0.4) is 0 Å². The third-order valence-electron chi connectivity index (χ3n) is 4.67. The molecule has 0 aliphatic carbocycles. The molecule has 2 heterocycles. The molecular weight excluding hydrogens is 335 g/mol. The molecule has 0 bridgehead atoms. The number of halogens is 1. The van der Waals surface area contributed by atoms with Gasteiger partial charge in [-0.05, 0) is 13.0 Å². The van der Waals surface area contributed by atoms with Crippen molar-refractivity contribution in [3.8, 4) is 0 Å². The number of piperazine rings is 1. The minimum absolute atomic E-state index is 0.00700. The Hall–Kier alpha value is -2.25. The van der Waals surface area contributed by atoms with Gasteiger partial charge in [0.05, 0.1) is 18.8 Å². The van der Waals surface area contributed by atoms with E-state index in [0.29, 0.717) is 12.1 Å². The summed E-state index contributed by atoms with van der Waals surface area (Å²) in [6.07, 6.45) is 0. The molecule has 6 nitrogen and oxygen atoms in total. The van der Waals surface area contributed by atoms with Crippen molar-refractivity contribution in [1.82, 2.24) is 19.9 Å². The molecule has 0 unspecified atom stereocenters. The summed E-state index contributed by atoms with van der Waals surface area (Å²) in [6.45, 7) is 6.72. The number of likely N-dealkylation sites (N-methyl/N-ethyl adjacent to an activating group) is 1. The highest BCUT2D eigenvalue weighted by molar-refractivity contribution is 5.78. The van der Waals surface area contributed by atoms with Crippen LogP contribution in [0.4, 0.5) is 4.39 Å². The highest BCUT2D eigenvalue weighted by Crippen LogP contribution is 2.11. The Morgan fingerprint density at radius 1 is 1.23 bits per heavy atom. The maximum absolute atomic E-state index is 13.7. The van der Waals surface area contributed by atoms with Crippen LogP contribution in [0.25, 0.3) is 0 Å². The molecule has 1 saturated heterocycles. The zero-order valence-corrected chi connectivity index (χ0v) is 15.3. The summed E-state index contributed by atoms with van der Waals surface area (Å²) in [5, 5.41) is 3.91. The van der Waals surface area contributed by atoms with E-state index in [9.17, 15) is 9.18 Å². The quantitative estimate of drug-likeness (QED) is 0.788. The first-order valence-electron chi connectivity index (χ1n) is 8.85. The second-order valence-electron chi connectivity index (χ2n) is 6.83. The van der Waals surface area contributed by atoms with E-state index >= 15 is 0 Å². The van der Waals surface area contributed by atoms with Crippen LogP contribution in [0.1, 0.15) is 17.0 Å². The summed E-state index contributed by atoms with van der Waals surface area (Å²) in [7, 11) is 1.72. The van der Waals surface area contributed by atoms with Crippen molar-refractivity contribution in [3.63, 3.8) is 0 Å². The molecule has 1 fully saturated rings. The third kappa shape index (κ3) is 4.89. The molecule has 7 heteroatoms. The smallest absolute Gasteiger partial charge is 0.236 e. The van der Waals surface area contributed by atoms with Gasteiger partial charge in [-0.15, -0.1) is 0 Å². The van der Waals surface area contributed by atoms with Gasteiger partial charge in [0.1, 0.15) is 5.82 Å². The van der Waals surface area contributed by atoms with Crippen molar-refractivity contribution in [2.24, 2.45) is 0 Å². The van der Waals surface area contributed by atoms with Crippen molar-refractivity contribution in [2.75, 3.05) is 39.8 Å². The molecule has 1 aromatic carbocycles. The van der Waals surface area contributed by atoms with E-state index < -0.39 is 0 Å². The first-order valence-corrected chi connectivity index (χ1v) is 8.85. The van der Waals surface area contributed by atoms with Crippen LogP contribution >= 0.6 is 0 Å². The molecule has 140 valence electrons. The second-order valence-corrected chi connectivity index (χ2v) is 6.83. The first-order chi connectivity index (χ1) is 12.5. The van der Waals surface area contributed by atoms with E-state index in [2.05, 4.69) is 15.0 Å². The van der Waals surface area contributed by atoms with Gasteiger partial charge in [0, 0.05) is 51.4 Å². The van der Waals surface area contributed by atoms with E-state index in [1.165, 1.54) is 6.07 Å². The molecule has 1 aliphatic rings. The molecular formula is C19H25FN4O2. The minimum atomic E-state index is -0.275. The molecule has 1 aromatic heterocycles. The zero-order chi connectivity index (χ0) is 18.5. The van der Waals surface area contributed by atoms with E-state index in [4.69, 9.17) is 4.52 Å². The highest BCUT2D eigenvalue weighted by atomic mass is 19.1. The lowest BCUT2D eigenvalue weighted by Gasteiger charge is -2.34. The van der Waals surface area contributed by atoms with Crippen molar-refractivity contribution >= 4 is 5.91 Å². The van der Waals surface area contributed by atoms with Gasteiger partial charge in [0.2, 0.25) is 5.91 Å². The first kappa shape index (κ1) is 18.5. The van der Waals surface area contributed by atoms with Crippen LogP contribution in [-0.2, 0) is 17.9 Å². The Balaban J connectivity index is 1.43. The number of nitrogens with zero attached hydrogens (tertiary/aromatic N) is 4. The van der Waals surface area contributed by atoms with Gasteiger partial charge >= 0.3 is 0 Å². The molecule has 3 rings (SSSR count). The van der Waals surface area contributed by atoms with Crippen molar-refractivity contribution in [2.45, 2.75) is 20.0 Å². The fourth-order valence-electron chi connectivity index (χ4n) is 3.10. The number of carbonyl (C=O) groups excluding carboxylic acids is 1. The van der Waals surface area contributed by atoms with Crippen molar-refractivity contribution in [1.29, 1.82) is 0 Å². The van der Waals surface area contributed by atoms with E-state index in [0.717, 1.165) is 44.2 Å². The predicted molar refractivity (Wildman–Crippen MR) is 95.8 cm³/mol. The SMILES string of the molecule is Cc1cc(CN2CCN(CC(=O)N(C)Cc3ccccc3F)CC2)on1. The Labute approximate surface area is 153 Å². The largest absolute Gasteiger partial charge is 0.360 e. The topological polar surface area (TPSA) is 52.8 Å². The standard InChI is InChI=1S/C19H25FN4O2/c1-15-11-17(26-21-15)13-23-7-9-24(10-8-23)14-19(25)22(2)12-16-5-3-4-6-18(16)20/h3-6,11H,7-10,12-14H2,1-2H3. The third-order valence-corrected chi connectivity index (χ3v) is 4.67. The number of hydrogen-bond donors (Lipinski definition) is 0. The highest BCUT2D eigenvalue weighted by Gasteiger charge is 2.21. The number of amides is 1. The predicted octanol–water partition coefficient (Wildman–Crippen LogP) is 1.90. The van der Waals surface area contributed by atoms with Gasteiger partial charge in [-0.25, -0.2) is 4.39 Å². The van der Waals surface area contributed by atoms with E-state index in [-0.39, 0.29) is 18.3 Å². The fraction of sp³-hybridized carbons (Fsp3) is 0.474. The van der Waals surface area contributed by atoms with Crippen molar-refractivity contribution in [3.05, 3.63) is 53.2 Å². The molecule has 0 saturated carbocycles. The molecule has 0 radical (unpaired) electrons. The Morgan fingerprint density at radius 3 is 2.58 bits per heavy atom. The lowest BCUT2D eigenvalue weighted by Crippen LogP contribution is -2.49. The second kappa shape index (κ2) is 8.42. The Kier molecular flexibility index (Phi) is 6.00. The Morgan fingerprint density at radius 2 is 1.92 bits per heavy atom. The molecule has 1 amide bonds. The van der Waals surface area contributed by atoms with Crippen LogP contribution in [0.2, 0.25) is 0 Å². The van der Waals surface area contributed by atoms with Gasteiger partial charge in [-0.1, -0.05) is 23.4 Å². The summed E-state index contributed by atoms with van der Waals surface area (Å²) in [4.78, 5) is 18.4. The summed E-state index contributed by atoms with van der Waals surface area (Å²) in [6, 6.07) is 8.52. The van der Waals surface area contributed by atoms with Gasteiger partial charge in [0.25, 0.3) is 0 Å². The van der Waals surface area contributed by atoms with E-state index in [1.54, 1.807) is 30.1 Å². The lowest BCUT2D eigenvalue weighted by molar-refractivity contribution is -0.132.